The number of halogens is 1. The van der Waals surface area contributed by atoms with Crippen molar-refractivity contribution in [3.8, 4) is 0 Å². The van der Waals surface area contributed by atoms with Crippen LogP contribution in [0.15, 0.2) is 48.6 Å². The van der Waals surface area contributed by atoms with E-state index < -0.39 is 0 Å². The number of nitrogens with one attached hydrogen (secondary N) is 2. The van der Waals surface area contributed by atoms with Gasteiger partial charge in [-0.15, -0.1) is 0 Å². The number of carbonyl (C=O) groups is 1. The van der Waals surface area contributed by atoms with Gasteiger partial charge in [0, 0.05) is 48.1 Å². The zero-order valence-corrected chi connectivity index (χ0v) is 12.9. The number of rotatable bonds is 5. The Bertz CT molecular complexity index is 679. The number of imidazole rings is 1. The highest BCUT2D eigenvalue weighted by Gasteiger charge is 2.23. The molecule has 2 N–H and O–H groups in total. The molecule has 1 atom stereocenters. The van der Waals surface area contributed by atoms with Crippen LogP contribution in [0, 0.1) is 0 Å². The minimum absolute atomic E-state index is 0.153. The van der Waals surface area contributed by atoms with Crippen molar-refractivity contribution in [2.75, 3.05) is 6.54 Å². The Labute approximate surface area is 134 Å². The lowest BCUT2D eigenvalue weighted by atomic mass is 9.85. The van der Waals surface area contributed by atoms with Crippen molar-refractivity contribution < 1.29 is 4.79 Å². The van der Waals surface area contributed by atoms with Crippen molar-refractivity contribution in [1.29, 1.82) is 0 Å². The highest BCUT2D eigenvalue weighted by Crippen LogP contribution is 2.34. The minimum atomic E-state index is 0.153. The maximum absolute atomic E-state index is 12.0. The smallest absolute Gasteiger partial charge is 0.158 e. The van der Waals surface area contributed by atoms with Crippen LogP contribution < -0.4 is 5.32 Å². The lowest BCUT2D eigenvalue weighted by Crippen LogP contribution is -2.24. The minimum Gasteiger partial charge on any atom is -0.388 e. The van der Waals surface area contributed by atoms with E-state index in [0.717, 1.165) is 41.4 Å². The van der Waals surface area contributed by atoms with Gasteiger partial charge in [-0.25, -0.2) is 4.98 Å². The molecule has 0 saturated carbocycles. The number of hydrogen-bond acceptors (Lipinski definition) is 3. The number of aromatic amines is 1. The van der Waals surface area contributed by atoms with Gasteiger partial charge in [-0.1, -0.05) is 29.8 Å². The maximum atomic E-state index is 12.0. The summed E-state index contributed by atoms with van der Waals surface area (Å²) in [5.41, 5.74) is 3.12. The number of allylic oxidation sites excluding steroid dienone is 2. The molecule has 0 amide bonds. The normalized spacial score (nSPS) is 18.1. The lowest BCUT2D eigenvalue weighted by molar-refractivity contribution is -0.115. The Hall–Kier alpha value is -2.07. The van der Waals surface area contributed by atoms with Gasteiger partial charge < -0.3 is 10.3 Å². The van der Waals surface area contributed by atoms with Gasteiger partial charge in [0.15, 0.2) is 5.78 Å². The average molecular weight is 316 g/mol. The van der Waals surface area contributed by atoms with Crippen molar-refractivity contribution in [3.63, 3.8) is 0 Å². The SMILES string of the molecule is O=C1C=C(NCCc2cnc[nH]2)C[C@H](c2ccccc2Cl)C1. The summed E-state index contributed by atoms with van der Waals surface area (Å²) in [7, 11) is 0. The molecule has 0 bridgehead atoms. The second-order valence-corrected chi connectivity index (χ2v) is 5.92. The van der Waals surface area contributed by atoms with Crippen LogP contribution in [-0.2, 0) is 11.2 Å². The Morgan fingerprint density at radius 1 is 1.32 bits per heavy atom. The van der Waals surface area contributed by atoms with Crippen LogP contribution in [0.4, 0.5) is 0 Å². The topological polar surface area (TPSA) is 57.8 Å². The zero-order chi connectivity index (χ0) is 15.4. The standard InChI is InChI=1S/C17H18ClN3O/c18-17-4-2-1-3-16(17)12-7-14(9-15(22)8-12)20-6-5-13-10-19-11-21-13/h1-4,9-12,20H,5-8H2,(H,19,21)/t12-/m0/s1. The molecule has 0 spiro atoms. The molecule has 0 unspecified atom stereocenters. The Balaban J connectivity index is 1.63. The molecular weight excluding hydrogens is 298 g/mol. The van der Waals surface area contributed by atoms with E-state index in [1.807, 2.05) is 30.5 Å². The summed E-state index contributed by atoms with van der Waals surface area (Å²) in [5, 5.41) is 4.09. The van der Waals surface area contributed by atoms with Crippen LogP contribution in [0.2, 0.25) is 5.02 Å². The van der Waals surface area contributed by atoms with Crippen molar-refractivity contribution in [3.05, 3.63) is 64.8 Å². The Morgan fingerprint density at radius 2 is 2.18 bits per heavy atom. The van der Waals surface area contributed by atoms with Crippen molar-refractivity contribution in [1.82, 2.24) is 15.3 Å². The summed E-state index contributed by atoms with van der Waals surface area (Å²) < 4.78 is 0. The van der Waals surface area contributed by atoms with Gasteiger partial charge in [0.2, 0.25) is 0 Å². The molecule has 1 aromatic heterocycles. The van der Waals surface area contributed by atoms with E-state index in [1.165, 1.54) is 0 Å². The third-order valence-corrected chi connectivity index (χ3v) is 4.24. The van der Waals surface area contributed by atoms with E-state index in [0.29, 0.717) is 6.42 Å². The second kappa shape index (κ2) is 6.79. The molecular formula is C17H18ClN3O. The quantitative estimate of drug-likeness (QED) is 0.890. The fourth-order valence-corrected chi connectivity index (χ4v) is 3.11. The number of carbonyl (C=O) groups excluding carboxylic acids is 1. The molecule has 3 rings (SSSR count). The van der Waals surface area contributed by atoms with Crippen LogP contribution in [0.5, 0.6) is 0 Å². The summed E-state index contributed by atoms with van der Waals surface area (Å²) in [6.45, 7) is 0.774. The molecule has 5 heteroatoms. The van der Waals surface area contributed by atoms with Gasteiger partial charge in [0.1, 0.15) is 0 Å². The van der Waals surface area contributed by atoms with Gasteiger partial charge in [0.05, 0.1) is 6.33 Å². The van der Waals surface area contributed by atoms with Crippen LogP contribution in [0.25, 0.3) is 0 Å². The number of hydrogen-bond donors (Lipinski definition) is 2. The van der Waals surface area contributed by atoms with Crippen LogP contribution in [0.3, 0.4) is 0 Å². The maximum Gasteiger partial charge on any atom is 0.158 e. The predicted molar refractivity (Wildman–Crippen MR) is 86.8 cm³/mol. The number of aromatic nitrogens is 2. The highest BCUT2D eigenvalue weighted by atomic mass is 35.5. The van der Waals surface area contributed by atoms with Gasteiger partial charge in [-0.3, -0.25) is 4.79 Å². The number of benzene rings is 1. The van der Waals surface area contributed by atoms with Crippen LogP contribution in [0.1, 0.15) is 30.0 Å². The summed E-state index contributed by atoms with van der Waals surface area (Å²) in [6, 6.07) is 7.77. The largest absolute Gasteiger partial charge is 0.388 e. The van der Waals surface area contributed by atoms with E-state index in [1.54, 1.807) is 12.4 Å². The Kier molecular flexibility index (Phi) is 4.59. The van der Waals surface area contributed by atoms with E-state index >= 15 is 0 Å². The van der Waals surface area contributed by atoms with Crippen molar-refractivity contribution in [2.45, 2.75) is 25.2 Å². The fraction of sp³-hybridized carbons (Fsp3) is 0.294. The molecule has 0 radical (unpaired) electrons. The number of ketones is 1. The van der Waals surface area contributed by atoms with Crippen molar-refractivity contribution >= 4 is 17.4 Å². The first-order valence-electron chi connectivity index (χ1n) is 7.41. The van der Waals surface area contributed by atoms with E-state index in [-0.39, 0.29) is 11.7 Å². The molecule has 0 aliphatic heterocycles. The number of nitrogens with zero attached hydrogens (tertiary/aromatic N) is 1. The summed E-state index contributed by atoms with van der Waals surface area (Å²) in [6.07, 6.45) is 7.40. The van der Waals surface area contributed by atoms with Gasteiger partial charge in [-0.05, 0) is 24.0 Å². The van der Waals surface area contributed by atoms with Crippen molar-refractivity contribution in [2.24, 2.45) is 0 Å². The van der Waals surface area contributed by atoms with Crippen LogP contribution in [-0.4, -0.2) is 22.3 Å². The molecule has 2 aromatic rings. The molecule has 114 valence electrons. The van der Waals surface area contributed by atoms with E-state index in [9.17, 15) is 4.79 Å². The molecule has 0 fully saturated rings. The third kappa shape index (κ3) is 3.57. The van der Waals surface area contributed by atoms with Crippen LogP contribution >= 0.6 is 11.6 Å². The third-order valence-electron chi connectivity index (χ3n) is 3.90. The number of H-pyrrole nitrogens is 1. The summed E-state index contributed by atoms with van der Waals surface area (Å²) >= 11 is 6.26. The summed E-state index contributed by atoms with van der Waals surface area (Å²) in [5.74, 6) is 0.307. The molecule has 4 nitrogen and oxygen atoms in total. The van der Waals surface area contributed by atoms with E-state index in [4.69, 9.17) is 11.6 Å². The zero-order valence-electron chi connectivity index (χ0n) is 12.2. The second-order valence-electron chi connectivity index (χ2n) is 5.52. The molecule has 1 aliphatic rings. The average Bonchev–Trinajstić information content (AvgIpc) is 3.00. The van der Waals surface area contributed by atoms with Gasteiger partial charge in [0.25, 0.3) is 0 Å². The van der Waals surface area contributed by atoms with Gasteiger partial charge >= 0.3 is 0 Å². The molecule has 1 aromatic carbocycles. The predicted octanol–water partition coefficient (Wildman–Crippen LogP) is 3.23. The Morgan fingerprint density at radius 3 is 2.95 bits per heavy atom. The summed E-state index contributed by atoms with van der Waals surface area (Å²) in [4.78, 5) is 19.0. The fourth-order valence-electron chi connectivity index (χ4n) is 2.82. The molecule has 22 heavy (non-hydrogen) atoms. The molecule has 1 heterocycles. The lowest BCUT2D eigenvalue weighted by Gasteiger charge is -2.24. The first kappa shape index (κ1) is 14.9. The van der Waals surface area contributed by atoms with E-state index in [2.05, 4.69) is 15.3 Å². The first-order chi connectivity index (χ1) is 10.7. The first-order valence-corrected chi connectivity index (χ1v) is 7.79. The molecule has 1 aliphatic carbocycles. The monoisotopic (exact) mass is 315 g/mol. The molecule has 0 saturated heterocycles. The highest BCUT2D eigenvalue weighted by molar-refractivity contribution is 6.31. The van der Waals surface area contributed by atoms with Gasteiger partial charge in [-0.2, -0.15) is 0 Å².